The van der Waals surface area contributed by atoms with Crippen molar-refractivity contribution < 1.29 is 14.3 Å². The number of morpholine rings is 1. The van der Waals surface area contributed by atoms with E-state index in [1.54, 1.807) is 13.0 Å². The SMILES string of the molecule is CCOC(=O)c1sc(N2CCOCC2)c(C#N)c1CCC(c1ccc(Cl)c(Cl)c1)N(C)C. The molecule has 32 heavy (non-hydrogen) atoms. The smallest absolute Gasteiger partial charge is 0.348 e. The first-order valence-electron chi connectivity index (χ1n) is 10.5. The maximum absolute atomic E-state index is 12.8. The second-order valence-electron chi connectivity index (χ2n) is 7.71. The molecule has 1 aliphatic heterocycles. The number of halogens is 2. The number of nitrogens with zero attached hydrogens (tertiary/aromatic N) is 3. The van der Waals surface area contributed by atoms with Gasteiger partial charge in [0.15, 0.2) is 0 Å². The molecule has 172 valence electrons. The predicted octanol–water partition coefficient (Wildman–Crippen LogP) is 5.18. The van der Waals surface area contributed by atoms with Gasteiger partial charge in [0.05, 0.1) is 35.4 Å². The number of hydrogen-bond donors (Lipinski definition) is 0. The molecular formula is C23H27Cl2N3O3S. The van der Waals surface area contributed by atoms with Crippen molar-refractivity contribution in [1.82, 2.24) is 4.90 Å². The topological polar surface area (TPSA) is 65.8 Å². The van der Waals surface area contributed by atoms with Gasteiger partial charge in [-0.15, -0.1) is 11.3 Å². The van der Waals surface area contributed by atoms with E-state index >= 15 is 0 Å². The molecule has 0 N–H and O–H groups in total. The lowest BCUT2D eigenvalue weighted by molar-refractivity contribution is 0.0530. The van der Waals surface area contributed by atoms with Crippen molar-refractivity contribution in [2.24, 2.45) is 0 Å². The number of anilines is 1. The number of thiophene rings is 1. The Morgan fingerprint density at radius 3 is 2.62 bits per heavy atom. The van der Waals surface area contributed by atoms with Crippen LogP contribution in [0.5, 0.6) is 0 Å². The number of hydrogen-bond acceptors (Lipinski definition) is 7. The van der Waals surface area contributed by atoms with Crippen LogP contribution in [0.25, 0.3) is 0 Å². The Kier molecular flexibility index (Phi) is 8.80. The van der Waals surface area contributed by atoms with Crippen molar-refractivity contribution in [3.63, 3.8) is 0 Å². The van der Waals surface area contributed by atoms with Crippen molar-refractivity contribution >= 4 is 45.5 Å². The van der Waals surface area contributed by atoms with Crippen molar-refractivity contribution in [2.45, 2.75) is 25.8 Å². The van der Waals surface area contributed by atoms with Crippen molar-refractivity contribution in [2.75, 3.05) is 51.9 Å². The minimum Gasteiger partial charge on any atom is -0.462 e. The van der Waals surface area contributed by atoms with Gasteiger partial charge in [0, 0.05) is 19.1 Å². The summed E-state index contributed by atoms with van der Waals surface area (Å²) in [6, 6.07) is 8.02. The van der Waals surface area contributed by atoms with E-state index in [0.29, 0.717) is 59.6 Å². The van der Waals surface area contributed by atoms with Gasteiger partial charge in [0.25, 0.3) is 0 Å². The summed E-state index contributed by atoms with van der Waals surface area (Å²) in [4.78, 5) is 17.5. The molecule has 1 unspecified atom stereocenters. The highest BCUT2D eigenvalue weighted by Gasteiger charge is 2.28. The molecular weight excluding hydrogens is 469 g/mol. The van der Waals surface area contributed by atoms with Gasteiger partial charge in [-0.1, -0.05) is 29.3 Å². The van der Waals surface area contributed by atoms with Crippen LogP contribution in [0, 0.1) is 11.3 Å². The lowest BCUT2D eigenvalue weighted by atomic mass is 9.96. The maximum atomic E-state index is 12.8. The van der Waals surface area contributed by atoms with Gasteiger partial charge in [-0.25, -0.2) is 4.79 Å². The van der Waals surface area contributed by atoms with E-state index in [-0.39, 0.29) is 18.6 Å². The van der Waals surface area contributed by atoms with Gasteiger partial charge in [0.1, 0.15) is 15.9 Å². The highest BCUT2D eigenvalue weighted by molar-refractivity contribution is 7.18. The molecule has 0 amide bonds. The Morgan fingerprint density at radius 2 is 2.03 bits per heavy atom. The molecule has 3 rings (SSSR count). The van der Waals surface area contributed by atoms with Crippen LogP contribution < -0.4 is 4.90 Å². The fraction of sp³-hybridized carbons (Fsp3) is 0.478. The van der Waals surface area contributed by atoms with Crippen molar-refractivity contribution in [1.29, 1.82) is 5.26 Å². The average molecular weight is 496 g/mol. The fourth-order valence-corrected chi connectivity index (χ4v) is 5.43. The van der Waals surface area contributed by atoms with E-state index in [4.69, 9.17) is 32.7 Å². The van der Waals surface area contributed by atoms with E-state index < -0.39 is 0 Å². The van der Waals surface area contributed by atoms with Crippen LogP contribution in [0.3, 0.4) is 0 Å². The summed E-state index contributed by atoms with van der Waals surface area (Å²) >= 11 is 13.7. The number of nitriles is 1. The molecule has 0 saturated carbocycles. The Morgan fingerprint density at radius 1 is 1.31 bits per heavy atom. The van der Waals surface area contributed by atoms with E-state index in [2.05, 4.69) is 15.9 Å². The zero-order valence-electron chi connectivity index (χ0n) is 18.5. The number of carbonyl (C=O) groups is 1. The summed E-state index contributed by atoms with van der Waals surface area (Å²) in [6.07, 6.45) is 1.26. The predicted molar refractivity (Wildman–Crippen MR) is 129 cm³/mol. The van der Waals surface area contributed by atoms with Crippen LogP contribution in [0.4, 0.5) is 5.00 Å². The van der Waals surface area contributed by atoms with Gasteiger partial charge >= 0.3 is 5.97 Å². The minimum atomic E-state index is -0.376. The molecule has 0 spiro atoms. The summed E-state index contributed by atoms with van der Waals surface area (Å²) in [5.41, 5.74) is 2.35. The molecule has 1 saturated heterocycles. The second-order valence-corrected chi connectivity index (χ2v) is 9.53. The molecule has 0 aliphatic carbocycles. The van der Waals surface area contributed by atoms with E-state index in [1.165, 1.54) is 11.3 Å². The number of ether oxygens (including phenoxy) is 2. The average Bonchev–Trinajstić information content (AvgIpc) is 3.15. The normalized spacial score (nSPS) is 15.0. The lowest BCUT2D eigenvalue weighted by Gasteiger charge is -2.28. The first kappa shape index (κ1) is 24.8. The Hall–Kier alpha value is -1.82. The Labute approximate surface area is 203 Å². The molecule has 1 aliphatic rings. The van der Waals surface area contributed by atoms with Crippen LogP contribution in [0.2, 0.25) is 10.0 Å². The fourth-order valence-electron chi connectivity index (χ4n) is 3.88. The van der Waals surface area contributed by atoms with E-state index in [9.17, 15) is 10.1 Å². The van der Waals surface area contributed by atoms with E-state index in [0.717, 1.165) is 16.1 Å². The van der Waals surface area contributed by atoms with Crippen LogP contribution in [0.15, 0.2) is 18.2 Å². The summed E-state index contributed by atoms with van der Waals surface area (Å²) in [7, 11) is 3.99. The first-order chi connectivity index (χ1) is 15.4. The second kappa shape index (κ2) is 11.4. The van der Waals surface area contributed by atoms with Crippen LogP contribution in [-0.2, 0) is 15.9 Å². The maximum Gasteiger partial charge on any atom is 0.348 e. The molecule has 0 bridgehead atoms. The lowest BCUT2D eigenvalue weighted by Crippen LogP contribution is -2.36. The summed E-state index contributed by atoms with van der Waals surface area (Å²) in [5.74, 6) is -0.376. The monoisotopic (exact) mass is 495 g/mol. The van der Waals surface area contributed by atoms with Gasteiger partial charge in [-0.2, -0.15) is 5.26 Å². The quantitative estimate of drug-likeness (QED) is 0.470. The third kappa shape index (κ3) is 5.56. The van der Waals surface area contributed by atoms with Crippen LogP contribution in [-0.4, -0.2) is 57.9 Å². The standard InChI is InChI=1S/C23H27Cl2N3O3S/c1-4-31-23(29)21-16(17(14-26)22(32-21)28-9-11-30-12-10-28)6-8-20(27(2)3)15-5-7-18(24)19(25)13-15/h5,7,13,20H,4,6,8-12H2,1-3H3. The summed E-state index contributed by atoms with van der Waals surface area (Å²) in [5, 5.41) is 11.9. The van der Waals surface area contributed by atoms with Gasteiger partial charge in [-0.3, -0.25) is 0 Å². The van der Waals surface area contributed by atoms with E-state index in [1.807, 2.05) is 26.2 Å². The van der Waals surface area contributed by atoms with Gasteiger partial charge in [-0.05, 0) is 57.1 Å². The number of carbonyl (C=O) groups excluding carboxylic acids is 1. The molecule has 1 atom stereocenters. The molecule has 6 nitrogen and oxygen atoms in total. The molecule has 2 aromatic rings. The summed E-state index contributed by atoms with van der Waals surface area (Å²) in [6.45, 7) is 4.67. The Bertz CT molecular complexity index is 997. The zero-order chi connectivity index (χ0) is 23.3. The van der Waals surface area contributed by atoms with Gasteiger partial charge in [0.2, 0.25) is 0 Å². The first-order valence-corrected chi connectivity index (χ1v) is 12.1. The highest BCUT2D eigenvalue weighted by atomic mass is 35.5. The largest absolute Gasteiger partial charge is 0.462 e. The van der Waals surface area contributed by atoms with Crippen molar-refractivity contribution in [3.05, 3.63) is 49.8 Å². The molecule has 0 radical (unpaired) electrons. The summed E-state index contributed by atoms with van der Waals surface area (Å²) < 4.78 is 10.8. The minimum absolute atomic E-state index is 0.0399. The number of benzene rings is 1. The van der Waals surface area contributed by atoms with Crippen LogP contribution >= 0.6 is 34.5 Å². The molecule has 1 aromatic carbocycles. The third-order valence-electron chi connectivity index (χ3n) is 5.48. The Balaban J connectivity index is 1.95. The third-order valence-corrected chi connectivity index (χ3v) is 7.49. The molecule has 1 aromatic heterocycles. The molecule has 1 fully saturated rings. The van der Waals surface area contributed by atoms with Crippen molar-refractivity contribution in [3.8, 4) is 6.07 Å². The van der Waals surface area contributed by atoms with Crippen LogP contribution in [0.1, 0.15) is 45.7 Å². The van der Waals surface area contributed by atoms with Gasteiger partial charge < -0.3 is 19.3 Å². The zero-order valence-corrected chi connectivity index (χ0v) is 20.8. The highest BCUT2D eigenvalue weighted by Crippen LogP contribution is 2.39. The molecule has 2 heterocycles. The number of esters is 1. The number of rotatable bonds is 8. The molecule has 9 heteroatoms.